The lowest BCUT2D eigenvalue weighted by Crippen LogP contribution is -1.97. The van der Waals surface area contributed by atoms with E-state index in [0.717, 1.165) is 5.92 Å². The topological polar surface area (TPSA) is 0 Å². The standard InChI is InChI=1S/C14H26/c1-11(2)7-8-13(5)10-14(6)9-12(3)4/h7-8,10-12,14H,9H2,1-6H3/b8-7-,13-10+/t14-/m0/s1. The molecule has 0 aliphatic carbocycles. The van der Waals surface area contributed by atoms with Gasteiger partial charge in [-0.2, -0.15) is 0 Å². The third-order valence-corrected chi connectivity index (χ3v) is 2.13. The fraction of sp³-hybridized carbons (Fsp3) is 0.714. The molecule has 0 saturated carbocycles. The van der Waals surface area contributed by atoms with Crippen molar-refractivity contribution >= 4 is 0 Å². The van der Waals surface area contributed by atoms with Gasteiger partial charge in [0.1, 0.15) is 0 Å². The van der Waals surface area contributed by atoms with Gasteiger partial charge in [-0.1, -0.05) is 58.4 Å². The molecule has 0 nitrogen and oxygen atoms in total. The van der Waals surface area contributed by atoms with Crippen molar-refractivity contribution in [1.82, 2.24) is 0 Å². The smallest absolute Gasteiger partial charge is 0.0254 e. The van der Waals surface area contributed by atoms with Crippen LogP contribution in [0.5, 0.6) is 0 Å². The summed E-state index contributed by atoms with van der Waals surface area (Å²) in [5.74, 6) is 2.15. The van der Waals surface area contributed by atoms with Crippen molar-refractivity contribution < 1.29 is 0 Å². The van der Waals surface area contributed by atoms with E-state index in [0.29, 0.717) is 11.8 Å². The Labute approximate surface area is 90.1 Å². The third kappa shape index (κ3) is 8.10. The van der Waals surface area contributed by atoms with Gasteiger partial charge in [0.25, 0.3) is 0 Å². The van der Waals surface area contributed by atoms with Crippen LogP contribution >= 0.6 is 0 Å². The summed E-state index contributed by atoms with van der Waals surface area (Å²) in [6.45, 7) is 13.5. The van der Waals surface area contributed by atoms with Crippen LogP contribution in [-0.2, 0) is 0 Å². The van der Waals surface area contributed by atoms with E-state index < -0.39 is 0 Å². The van der Waals surface area contributed by atoms with Crippen molar-refractivity contribution in [3.8, 4) is 0 Å². The van der Waals surface area contributed by atoms with E-state index >= 15 is 0 Å². The highest BCUT2D eigenvalue weighted by molar-refractivity contribution is 5.17. The zero-order valence-electron chi connectivity index (χ0n) is 10.7. The zero-order valence-corrected chi connectivity index (χ0v) is 10.7. The third-order valence-electron chi connectivity index (χ3n) is 2.13. The van der Waals surface area contributed by atoms with E-state index in [-0.39, 0.29) is 0 Å². The Kier molecular flexibility index (Phi) is 6.61. The lowest BCUT2D eigenvalue weighted by Gasteiger charge is -2.09. The minimum atomic E-state index is 0.652. The van der Waals surface area contributed by atoms with Gasteiger partial charge in [-0.15, -0.1) is 0 Å². The van der Waals surface area contributed by atoms with Crippen LogP contribution in [0.1, 0.15) is 48.0 Å². The fourth-order valence-electron chi connectivity index (χ4n) is 1.66. The van der Waals surface area contributed by atoms with E-state index in [2.05, 4.69) is 59.8 Å². The molecule has 14 heavy (non-hydrogen) atoms. The average Bonchev–Trinajstić information content (AvgIpc) is 1.98. The Balaban J connectivity index is 4.08. The average molecular weight is 194 g/mol. The summed E-state index contributed by atoms with van der Waals surface area (Å²) in [6, 6.07) is 0. The molecule has 0 aromatic carbocycles. The molecule has 1 atom stereocenters. The van der Waals surface area contributed by atoms with Gasteiger partial charge in [0.2, 0.25) is 0 Å². The van der Waals surface area contributed by atoms with Gasteiger partial charge in [0.05, 0.1) is 0 Å². The molecular weight excluding hydrogens is 168 g/mol. The molecule has 0 aliphatic rings. The summed E-state index contributed by atoms with van der Waals surface area (Å²) < 4.78 is 0. The first-order valence-corrected chi connectivity index (χ1v) is 5.78. The van der Waals surface area contributed by atoms with Crippen LogP contribution in [0.15, 0.2) is 23.8 Å². The van der Waals surface area contributed by atoms with Gasteiger partial charge in [-0.05, 0) is 31.1 Å². The molecule has 0 aromatic rings. The Morgan fingerprint density at radius 3 is 2.07 bits per heavy atom. The first kappa shape index (κ1) is 13.5. The summed E-state index contributed by atoms with van der Waals surface area (Å²) in [4.78, 5) is 0. The second-order valence-corrected chi connectivity index (χ2v) is 5.12. The van der Waals surface area contributed by atoms with E-state index in [9.17, 15) is 0 Å². The maximum atomic E-state index is 2.37. The van der Waals surface area contributed by atoms with Crippen LogP contribution in [0.4, 0.5) is 0 Å². The molecule has 0 heteroatoms. The summed E-state index contributed by atoms with van der Waals surface area (Å²) in [5, 5.41) is 0. The highest BCUT2D eigenvalue weighted by Gasteiger charge is 2.01. The Morgan fingerprint density at radius 1 is 1.07 bits per heavy atom. The molecule has 0 aliphatic heterocycles. The van der Waals surface area contributed by atoms with Crippen LogP contribution in [0.3, 0.4) is 0 Å². The predicted molar refractivity (Wildman–Crippen MR) is 66.4 cm³/mol. The lowest BCUT2D eigenvalue weighted by atomic mass is 9.96. The summed E-state index contributed by atoms with van der Waals surface area (Å²) >= 11 is 0. The maximum Gasteiger partial charge on any atom is -0.0254 e. The zero-order chi connectivity index (χ0) is 11.1. The number of hydrogen-bond donors (Lipinski definition) is 0. The van der Waals surface area contributed by atoms with Crippen LogP contribution in [-0.4, -0.2) is 0 Å². The maximum absolute atomic E-state index is 2.37. The molecule has 0 N–H and O–H groups in total. The Bertz CT molecular complexity index is 194. The summed E-state index contributed by atoms with van der Waals surface area (Å²) in [5.41, 5.74) is 1.40. The number of rotatable bonds is 5. The Morgan fingerprint density at radius 2 is 1.64 bits per heavy atom. The molecule has 0 radical (unpaired) electrons. The van der Waals surface area contributed by atoms with Gasteiger partial charge in [-0.3, -0.25) is 0 Å². The van der Waals surface area contributed by atoms with E-state index in [1.165, 1.54) is 12.0 Å². The second-order valence-electron chi connectivity index (χ2n) is 5.12. The molecule has 0 rings (SSSR count). The lowest BCUT2D eigenvalue weighted by molar-refractivity contribution is 0.502. The highest BCUT2D eigenvalue weighted by Crippen LogP contribution is 2.14. The van der Waals surface area contributed by atoms with Crippen LogP contribution in [0, 0.1) is 17.8 Å². The molecule has 0 spiro atoms. The molecule has 0 fully saturated rings. The summed E-state index contributed by atoms with van der Waals surface area (Å²) in [7, 11) is 0. The molecule has 0 unspecified atom stereocenters. The SMILES string of the molecule is CC(/C=C\C(C)C)=C\[C@@H](C)CC(C)C. The molecule has 0 amide bonds. The van der Waals surface area contributed by atoms with Crippen molar-refractivity contribution in [3.05, 3.63) is 23.8 Å². The normalized spacial score (nSPS) is 15.9. The molecule has 0 heterocycles. The molecular formula is C14H26. The van der Waals surface area contributed by atoms with E-state index in [4.69, 9.17) is 0 Å². The molecule has 0 saturated heterocycles. The Hall–Kier alpha value is -0.520. The molecule has 0 aromatic heterocycles. The van der Waals surface area contributed by atoms with Crippen LogP contribution in [0.25, 0.3) is 0 Å². The van der Waals surface area contributed by atoms with Crippen molar-refractivity contribution in [2.45, 2.75) is 48.0 Å². The fourth-order valence-corrected chi connectivity index (χ4v) is 1.66. The minimum Gasteiger partial charge on any atom is -0.0817 e. The first-order valence-electron chi connectivity index (χ1n) is 5.78. The van der Waals surface area contributed by atoms with Gasteiger partial charge in [0, 0.05) is 0 Å². The highest BCUT2D eigenvalue weighted by atomic mass is 14.1. The van der Waals surface area contributed by atoms with Gasteiger partial charge < -0.3 is 0 Å². The van der Waals surface area contributed by atoms with Gasteiger partial charge in [-0.25, -0.2) is 0 Å². The van der Waals surface area contributed by atoms with Crippen molar-refractivity contribution in [1.29, 1.82) is 0 Å². The van der Waals surface area contributed by atoms with Crippen LogP contribution in [0.2, 0.25) is 0 Å². The second kappa shape index (κ2) is 6.86. The van der Waals surface area contributed by atoms with Gasteiger partial charge >= 0.3 is 0 Å². The van der Waals surface area contributed by atoms with E-state index in [1.807, 2.05) is 0 Å². The first-order chi connectivity index (χ1) is 6.41. The van der Waals surface area contributed by atoms with Gasteiger partial charge in [0.15, 0.2) is 0 Å². The molecule has 0 bridgehead atoms. The monoisotopic (exact) mass is 194 g/mol. The van der Waals surface area contributed by atoms with E-state index in [1.54, 1.807) is 0 Å². The number of hydrogen-bond acceptors (Lipinski definition) is 0. The largest absolute Gasteiger partial charge is 0.0817 e. The van der Waals surface area contributed by atoms with Crippen molar-refractivity contribution in [2.24, 2.45) is 17.8 Å². The quantitative estimate of drug-likeness (QED) is 0.550. The summed E-state index contributed by atoms with van der Waals surface area (Å²) in [6.07, 6.45) is 8.15. The van der Waals surface area contributed by atoms with Crippen LogP contribution < -0.4 is 0 Å². The number of allylic oxidation sites excluding steroid dienone is 4. The minimum absolute atomic E-state index is 0.652. The predicted octanol–water partition coefficient (Wildman–Crippen LogP) is 4.83. The van der Waals surface area contributed by atoms with Crippen molar-refractivity contribution in [2.75, 3.05) is 0 Å². The molecule has 82 valence electrons. The van der Waals surface area contributed by atoms with Crippen molar-refractivity contribution in [3.63, 3.8) is 0 Å².